The van der Waals surface area contributed by atoms with E-state index in [0.717, 1.165) is 25.7 Å². The molecule has 98 valence electrons. The van der Waals surface area contributed by atoms with E-state index in [1.165, 1.54) is 12.8 Å². The zero-order chi connectivity index (χ0) is 12.3. The van der Waals surface area contributed by atoms with Crippen molar-refractivity contribution in [3.05, 3.63) is 0 Å². The fourth-order valence-corrected chi connectivity index (χ4v) is 4.74. The number of sulfone groups is 1. The second-order valence-electron chi connectivity index (χ2n) is 5.33. The smallest absolute Gasteiger partial charge is 0.223 e. The molecule has 4 nitrogen and oxygen atoms in total. The van der Waals surface area contributed by atoms with E-state index in [0.29, 0.717) is 18.1 Å². The van der Waals surface area contributed by atoms with Gasteiger partial charge >= 0.3 is 0 Å². The number of nitrogens with one attached hydrogen (secondary N) is 1. The third kappa shape index (κ3) is 3.69. The molecule has 0 bridgehead atoms. The molecular weight excluding hydrogens is 238 g/mol. The van der Waals surface area contributed by atoms with Crippen molar-refractivity contribution >= 4 is 15.7 Å². The topological polar surface area (TPSA) is 63.2 Å². The Bertz CT molecular complexity index is 371. The Morgan fingerprint density at radius 1 is 1.18 bits per heavy atom. The largest absolute Gasteiger partial charge is 0.356 e. The summed E-state index contributed by atoms with van der Waals surface area (Å²) in [5.74, 6) is 1.27. The van der Waals surface area contributed by atoms with Crippen molar-refractivity contribution in [3.8, 4) is 0 Å². The van der Waals surface area contributed by atoms with Gasteiger partial charge in [-0.1, -0.05) is 12.8 Å². The molecule has 1 N–H and O–H groups in total. The molecular formula is C12H21NO3S. The first-order chi connectivity index (χ1) is 8.07. The Balaban J connectivity index is 1.64. The van der Waals surface area contributed by atoms with Gasteiger partial charge in [-0.3, -0.25) is 4.79 Å². The van der Waals surface area contributed by atoms with Crippen LogP contribution in [0.3, 0.4) is 0 Å². The zero-order valence-electron chi connectivity index (χ0n) is 10.2. The minimum Gasteiger partial charge on any atom is -0.356 e. The summed E-state index contributed by atoms with van der Waals surface area (Å²) in [5, 5.41) is 2.95. The highest BCUT2D eigenvalue weighted by atomic mass is 32.2. The molecule has 2 fully saturated rings. The van der Waals surface area contributed by atoms with Crippen molar-refractivity contribution in [2.45, 2.75) is 38.5 Å². The molecule has 1 unspecified atom stereocenters. The standard InChI is InChI=1S/C12H21NO3S/c14-12(11-3-1-2-4-11)13-7-5-10-6-8-17(15,16)9-10/h10-11H,1-9H2,(H,13,14). The lowest BCUT2D eigenvalue weighted by Crippen LogP contribution is -2.31. The second-order valence-corrected chi connectivity index (χ2v) is 7.56. The molecule has 0 aromatic heterocycles. The molecule has 1 aliphatic carbocycles. The number of amides is 1. The molecule has 1 saturated heterocycles. The summed E-state index contributed by atoms with van der Waals surface area (Å²) < 4.78 is 22.5. The third-order valence-corrected chi connectivity index (χ3v) is 5.74. The zero-order valence-corrected chi connectivity index (χ0v) is 11.0. The quantitative estimate of drug-likeness (QED) is 0.823. The number of hydrogen-bond acceptors (Lipinski definition) is 3. The Labute approximate surface area is 103 Å². The molecule has 1 atom stereocenters. The van der Waals surface area contributed by atoms with Crippen LogP contribution < -0.4 is 5.32 Å². The van der Waals surface area contributed by atoms with E-state index in [1.807, 2.05) is 0 Å². The molecule has 0 spiro atoms. The first-order valence-electron chi connectivity index (χ1n) is 6.55. The van der Waals surface area contributed by atoms with Crippen molar-refractivity contribution < 1.29 is 13.2 Å². The van der Waals surface area contributed by atoms with Gasteiger partial charge < -0.3 is 5.32 Å². The highest BCUT2D eigenvalue weighted by Gasteiger charge is 2.28. The maximum atomic E-state index is 11.7. The highest BCUT2D eigenvalue weighted by molar-refractivity contribution is 7.91. The van der Waals surface area contributed by atoms with E-state index in [4.69, 9.17) is 0 Å². The van der Waals surface area contributed by atoms with Crippen LogP contribution in [-0.4, -0.2) is 32.4 Å². The van der Waals surface area contributed by atoms with Crippen LogP contribution in [0.25, 0.3) is 0 Å². The van der Waals surface area contributed by atoms with E-state index in [9.17, 15) is 13.2 Å². The minimum absolute atomic E-state index is 0.170. The second kappa shape index (κ2) is 5.38. The lowest BCUT2D eigenvalue weighted by Gasteiger charge is -2.12. The molecule has 1 saturated carbocycles. The minimum atomic E-state index is -2.77. The normalized spacial score (nSPS) is 28.4. The predicted molar refractivity (Wildman–Crippen MR) is 66.3 cm³/mol. The van der Waals surface area contributed by atoms with Gasteiger partial charge in [0, 0.05) is 12.5 Å². The first-order valence-corrected chi connectivity index (χ1v) is 8.37. The predicted octanol–water partition coefficient (Wildman–Crippen LogP) is 1.12. The SMILES string of the molecule is O=C(NCCC1CCS(=O)(=O)C1)C1CCCC1. The number of carbonyl (C=O) groups excluding carboxylic acids is 1. The summed E-state index contributed by atoms with van der Waals surface area (Å²) in [7, 11) is -2.77. The molecule has 0 aromatic rings. The van der Waals surface area contributed by atoms with E-state index < -0.39 is 9.84 Å². The lowest BCUT2D eigenvalue weighted by molar-refractivity contribution is -0.124. The van der Waals surface area contributed by atoms with E-state index in [-0.39, 0.29) is 17.7 Å². The summed E-state index contributed by atoms with van der Waals surface area (Å²) in [6.07, 6.45) is 5.94. The maximum Gasteiger partial charge on any atom is 0.223 e. The van der Waals surface area contributed by atoms with Gasteiger partial charge in [0.15, 0.2) is 9.84 Å². The summed E-state index contributed by atoms with van der Waals surface area (Å²) in [6, 6.07) is 0. The summed E-state index contributed by atoms with van der Waals surface area (Å²) >= 11 is 0. The van der Waals surface area contributed by atoms with E-state index in [2.05, 4.69) is 5.32 Å². The van der Waals surface area contributed by atoms with Crippen molar-refractivity contribution in [2.75, 3.05) is 18.1 Å². The van der Waals surface area contributed by atoms with Gasteiger partial charge in [-0.05, 0) is 31.6 Å². The van der Waals surface area contributed by atoms with Crippen LogP contribution in [0.4, 0.5) is 0 Å². The molecule has 2 rings (SSSR count). The summed E-state index contributed by atoms with van der Waals surface area (Å²) in [5.41, 5.74) is 0. The molecule has 0 radical (unpaired) electrons. The van der Waals surface area contributed by atoms with Gasteiger partial charge in [-0.2, -0.15) is 0 Å². The summed E-state index contributed by atoms with van der Waals surface area (Å²) in [6.45, 7) is 0.634. The molecule has 1 aliphatic heterocycles. The van der Waals surface area contributed by atoms with Crippen LogP contribution in [0.2, 0.25) is 0 Å². The number of hydrogen-bond donors (Lipinski definition) is 1. The Hall–Kier alpha value is -0.580. The van der Waals surface area contributed by atoms with Crippen molar-refractivity contribution in [1.82, 2.24) is 5.32 Å². The van der Waals surface area contributed by atoms with Gasteiger partial charge in [-0.25, -0.2) is 8.42 Å². The molecule has 5 heteroatoms. The Morgan fingerprint density at radius 3 is 2.47 bits per heavy atom. The molecule has 0 aromatic carbocycles. The van der Waals surface area contributed by atoms with Crippen molar-refractivity contribution in [1.29, 1.82) is 0 Å². The van der Waals surface area contributed by atoms with Crippen LogP contribution in [0.1, 0.15) is 38.5 Å². The van der Waals surface area contributed by atoms with Crippen LogP contribution in [0, 0.1) is 11.8 Å². The Kier molecular flexibility index (Phi) is 4.07. The first kappa shape index (κ1) is 12.9. The fourth-order valence-electron chi connectivity index (χ4n) is 2.83. The van der Waals surface area contributed by atoms with Crippen LogP contribution in [-0.2, 0) is 14.6 Å². The molecule has 2 aliphatic rings. The van der Waals surface area contributed by atoms with Crippen LogP contribution in [0.15, 0.2) is 0 Å². The van der Waals surface area contributed by atoms with Crippen molar-refractivity contribution in [3.63, 3.8) is 0 Å². The van der Waals surface area contributed by atoms with Crippen LogP contribution in [0.5, 0.6) is 0 Å². The third-order valence-electron chi connectivity index (χ3n) is 3.90. The fraction of sp³-hybridized carbons (Fsp3) is 0.917. The van der Waals surface area contributed by atoms with Gasteiger partial charge in [0.1, 0.15) is 0 Å². The van der Waals surface area contributed by atoms with Gasteiger partial charge in [0.25, 0.3) is 0 Å². The number of carbonyl (C=O) groups is 1. The van der Waals surface area contributed by atoms with Crippen LogP contribution >= 0.6 is 0 Å². The average molecular weight is 259 g/mol. The van der Waals surface area contributed by atoms with E-state index in [1.54, 1.807) is 0 Å². The van der Waals surface area contributed by atoms with Crippen molar-refractivity contribution in [2.24, 2.45) is 11.8 Å². The highest BCUT2D eigenvalue weighted by Crippen LogP contribution is 2.25. The van der Waals surface area contributed by atoms with E-state index >= 15 is 0 Å². The van der Waals surface area contributed by atoms with Gasteiger partial charge in [0.2, 0.25) is 5.91 Å². The lowest BCUT2D eigenvalue weighted by atomic mass is 10.0. The summed E-state index contributed by atoms with van der Waals surface area (Å²) in [4.78, 5) is 11.7. The molecule has 17 heavy (non-hydrogen) atoms. The average Bonchev–Trinajstić information content (AvgIpc) is 2.87. The maximum absolute atomic E-state index is 11.7. The monoisotopic (exact) mass is 259 g/mol. The molecule has 1 amide bonds. The van der Waals surface area contributed by atoms with Gasteiger partial charge in [0.05, 0.1) is 11.5 Å². The molecule has 1 heterocycles. The number of rotatable bonds is 4. The Morgan fingerprint density at radius 2 is 1.88 bits per heavy atom. The van der Waals surface area contributed by atoms with Gasteiger partial charge in [-0.15, -0.1) is 0 Å².